The Morgan fingerprint density at radius 2 is 2.36 bits per heavy atom. The van der Waals surface area contributed by atoms with E-state index in [2.05, 4.69) is 10.1 Å². The summed E-state index contributed by atoms with van der Waals surface area (Å²) in [6.07, 6.45) is 3.23. The summed E-state index contributed by atoms with van der Waals surface area (Å²) in [5.74, 6) is -1.12. The van der Waals surface area contributed by atoms with Gasteiger partial charge in [0.05, 0.1) is 6.20 Å². The minimum absolute atomic E-state index is 0.0197. The number of carbonyl (C=O) groups is 2. The van der Waals surface area contributed by atoms with Crippen molar-refractivity contribution in [1.29, 1.82) is 0 Å². The lowest BCUT2D eigenvalue weighted by molar-refractivity contribution is 0.0698. The first-order valence-electron chi connectivity index (χ1n) is 3.75. The smallest absolute Gasteiger partial charge is 0.341 e. The van der Waals surface area contributed by atoms with E-state index in [-0.39, 0.29) is 16.9 Å². The molecule has 0 radical (unpaired) electrons. The molecule has 0 bridgehead atoms. The summed E-state index contributed by atoms with van der Waals surface area (Å²) in [7, 11) is 0. The van der Waals surface area contributed by atoms with E-state index >= 15 is 0 Å². The van der Waals surface area contributed by atoms with Gasteiger partial charge in [-0.1, -0.05) is 0 Å². The van der Waals surface area contributed by atoms with Crippen molar-refractivity contribution in [2.75, 3.05) is 0 Å². The number of aldehydes is 1. The first-order valence-corrected chi connectivity index (χ1v) is 3.75. The number of hydrogen-bond donors (Lipinski definition) is 1. The van der Waals surface area contributed by atoms with Gasteiger partial charge in [0.1, 0.15) is 11.3 Å². The van der Waals surface area contributed by atoms with E-state index in [1.807, 2.05) is 0 Å². The number of rotatable bonds is 2. The summed E-state index contributed by atoms with van der Waals surface area (Å²) < 4.78 is 1.30. The van der Waals surface area contributed by atoms with Crippen molar-refractivity contribution in [2.45, 2.75) is 0 Å². The molecule has 0 fully saturated rings. The fraction of sp³-hybridized carbons (Fsp3) is 0. The molecule has 0 aliphatic heterocycles. The predicted octanol–water partition coefficient (Wildman–Crippen LogP) is 0.240. The summed E-state index contributed by atoms with van der Waals surface area (Å²) in [5.41, 5.74) is 0.330. The molecule has 0 saturated carbocycles. The van der Waals surface area contributed by atoms with Crippen molar-refractivity contribution in [3.05, 3.63) is 29.7 Å². The second-order valence-corrected chi connectivity index (χ2v) is 2.60. The molecule has 1 N–H and O–H groups in total. The fourth-order valence-corrected chi connectivity index (χ4v) is 1.10. The molecule has 0 spiro atoms. The quantitative estimate of drug-likeness (QED) is 0.687. The van der Waals surface area contributed by atoms with Crippen molar-refractivity contribution in [3.63, 3.8) is 0 Å². The van der Waals surface area contributed by atoms with Crippen molar-refractivity contribution in [1.82, 2.24) is 14.6 Å². The van der Waals surface area contributed by atoms with Crippen LogP contribution in [-0.2, 0) is 0 Å². The molecule has 14 heavy (non-hydrogen) atoms. The summed E-state index contributed by atoms with van der Waals surface area (Å²) in [4.78, 5) is 24.9. The van der Waals surface area contributed by atoms with Gasteiger partial charge in [-0.3, -0.25) is 4.79 Å². The van der Waals surface area contributed by atoms with Gasteiger partial charge < -0.3 is 5.11 Å². The highest BCUT2D eigenvalue weighted by molar-refractivity contribution is 5.94. The minimum Gasteiger partial charge on any atom is -0.477 e. The van der Waals surface area contributed by atoms with E-state index in [9.17, 15) is 9.59 Å². The molecule has 2 aromatic rings. The van der Waals surface area contributed by atoms with E-state index in [4.69, 9.17) is 5.11 Å². The molecule has 0 aromatic carbocycles. The fourth-order valence-electron chi connectivity index (χ4n) is 1.10. The number of carboxylic acids is 1. The van der Waals surface area contributed by atoms with Crippen LogP contribution in [0.5, 0.6) is 0 Å². The second kappa shape index (κ2) is 2.91. The molecule has 6 heteroatoms. The third kappa shape index (κ3) is 1.13. The average molecular weight is 191 g/mol. The molecule has 0 aliphatic rings. The van der Waals surface area contributed by atoms with E-state index in [0.29, 0.717) is 6.29 Å². The highest BCUT2D eigenvalue weighted by atomic mass is 16.4. The van der Waals surface area contributed by atoms with Crippen molar-refractivity contribution in [3.8, 4) is 0 Å². The van der Waals surface area contributed by atoms with Gasteiger partial charge in [-0.2, -0.15) is 5.10 Å². The lowest BCUT2D eigenvalue weighted by Gasteiger charge is -1.93. The maximum Gasteiger partial charge on any atom is 0.341 e. The maximum atomic E-state index is 10.7. The molecule has 0 unspecified atom stereocenters. The first kappa shape index (κ1) is 8.36. The van der Waals surface area contributed by atoms with Crippen LogP contribution in [0, 0.1) is 0 Å². The number of fused-ring (bicyclic) bond motifs is 1. The number of nitrogens with zero attached hydrogens (tertiary/aromatic N) is 3. The average Bonchev–Trinajstić information content (AvgIpc) is 2.59. The van der Waals surface area contributed by atoms with E-state index < -0.39 is 5.97 Å². The van der Waals surface area contributed by atoms with Crippen LogP contribution in [0.25, 0.3) is 5.65 Å². The Morgan fingerprint density at radius 1 is 1.57 bits per heavy atom. The number of hydrogen-bond acceptors (Lipinski definition) is 4. The van der Waals surface area contributed by atoms with Crippen LogP contribution in [0.3, 0.4) is 0 Å². The largest absolute Gasteiger partial charge is 0.477 e. The Labute approximate surface area is 77.8 Å². The van der Waals surface area contributed by atoms with Crippen LogP contribution in [0.4, 0.5) is 0 Å². The molecule has 2 heterocycles. The topological polar surface area (TPSA) is 84.6 Å². The van der Waals surface area contributed by atoms with Crippen LogP contribution in [0.2, 0.25) is 0 Å². The molecule has 6 nitrogen and oxygen atoms in total. The third-order valence-corrected chi connectivity index (χ3v) is 1.74. The van der Waals surface area contributed by atoms with Gasteiger partial charge in [0, 0.05) is 6.20 Å². The molecular formula is C8H5N3O3. The molecule has 0 atom stereocenters. The minimum atomic E-state index is -1.12. The molecule has 0 aliphatic carbocycles. The van der Waals surface area contributed by atoms with Gasteiger partial charge in [-0.15, -0.1) is 0 Å². The van der Waals surface area contributed by atoms with Crippen LogP contribution in [0.15, 0.2) is 18.5 Å². The second-order valence-electron chi connectivity index (χ2n) is 2.60. The number of carboxylic acid groups (broad SMARTS) is 1. The lowest BCUT2D eigenvalue weighted by Crippen LogP contribution is -1.99. The van der Waals surface area contributed by atoms with Crippen molar-refractivity contribution < 1.29 is 14.7 Å². The van der Waals surface area contributed by atoms with Gasteiger partial charge in [0.2, 0.25) is 0 Å². The number of carbonyl (C=O) groups excluding carboxylic acids is 1. The predicted molar refractivity (Wildman–Crippen MR) is 45.3 cm³/mol. The van der Waals surface area contributed by atoms with Crippen LogP contribution >= 0.6 is 0 Å². The Hall–Kier alpha value is -2.24. The lowest BCUT2D eigenvalue weighted by atomic mass is 10.3. The molecule has 2 rings (SSSR count). The number of aromatic nitrogens is 3. The molecule has 70 valence electrons. The van der Waals surface area contributed by atoms with Gasteiger partial charge >= 0.3 is 5.97 Å². The highest BCUT2D eigenvalue weighted by Crippen LogP contribution is 2.07. The van der Waals surface area contributed by atoms with Crippen LogP contribution < -0.4 is 0 Å². The molecule has 0 saturated heterocycles. The number of aromatic carboxylic acids is 1. The summed E-state index contributed by atoms with van der Waals surface area (Å²) in [6, 6.07) is 1.46. The van der Waals surface area contributed by atoms with Crippen molar-refractivity contribution in [2.24, 2.45) is 0 Å². The van der Waals surface area contributed by atoms with E-state index in [1.54, 1.807) is 0 Å². The first-order chi connectivity index (χ1) is 6.72. The van der Waals surface area contributed by atoms with Gasteiger partial charge in [-0.25, -0.2) is 14.3 Å². The monoisotopic (exact) mass is 191 g/mol. The summed E-state index contributed by atoms with van der Waals surface area (Å²) in [5, 5.41) is 12.5. The van der Waals surface area contributed by atoms with E-state index in [0.717, 1.165) is 0 Å². The zero-order chi connectivity index (χ0) is 10.1. The highest BCUT2D eigenvalue weighted by Gasteiger charge is 2.12. The molecule has 0 amide bonds. The van der Waals surface area contributed by atoms with E-state index in [1.165, 1.54) is 23.0 Å². The Balaban J connectivity index is 2.75. The Morgan fingerprint density at radius 3 is 3.00 bits per heavy atom. The standard InChI is InChI=1S/C8H5N3O3/c12-4-5-1-2-11-7(10-5)6(3-9-11)8(13)14/h1-4H,(H,13,14). The third-order valence-electron chi connectivity index (χ3n) is 1.74. The molecule has 2 aromatic heterocycles. The van der Waals surface area contributed by atoms with Crippen molar-refractivity contribution >= 4 is 17.9 Å². The maximum absolute atomic E-state index is 10.7. The normalized spacial score (nSPS) is 10.3. The summed E-state index contributed by atoms with van der Waals surface area (Å²) >= 11 is 0. The SMILES string of the molecule is O=Cc1ccn2ncc(C(=O)O)c2n1. The van der Waals surface area contributed by atoms with Gasteiger partial charge in [-0.05, 0) is 6.07 Å². The van der Waals surface area contributed by atoms with Gasteiger partial charge in [0.25, 0.3) is 0 Å². The Bertz CT molecular complexity index is 518. The zero-order valence-electron chi connectivity index (χ0n) is 6.91. The zero-order valence-corrected chi connectivity index (χ0v) is 6.91. The molecular weight excluding hydrogens is 186 g/mol. The van der Waals surface area contributed by atoms with Crippen LogP contribution in [-0.4, -0.2) is 32.0 Å². The van der Waals surface area contributed by atoms with Gasteiger partial charge in [0.15, 0.2) is 11.9 Å². The Kier molecular flexibility index (Phi) is 1.74. The summed E-state index contributed by atoms with van der Waals surface area (Å²) in [6.45, 7) is 0. The van der Waals surface area contributed by atoms with Crippen LogP contribution in [0.1, 0.15) is 20.8 Å².